The Hall–Kier alpha value is 0.260. The highest BCUT2D eigenvalue weighted by Gasteiger charge is 2.67. The molecular weight excluding hydrogens is 558 g/mol. The fourth-order valence-corrected chi connectivity index (χ4v) is 8.26. The highest BCUT2D eigenvalue weighted by atomic mass is 32.2. The number of alkyl halides is 4. The average molecular weight is 599 g/mol. The number of hydrogen-bond acceptors (Lipinski definition) is 4. The maximum atomic E-state index is 15.4. The molecule has 0 aliphatic heterocycles. The van der Waals surface area contributed by atoms with Crippen molar-refractivity contribution in [2.75, 3.05) is 0 Å². The number of halogens is 4. The molecule has 3 fully saturated rings. The molecule has 0 aromatic heterocycles. The van der Waals surface area contributed by atoms with Crippen LogP contribution in [0, 0.1) is 0 Å². The van der Waals surface area contributed by atoms with E-state index in [0.717, 1.165) is 75.3 Å². The molecule has 2 nitrogen and oxygen atoms in total. The van der Waals surface area contributed by atoms with Crippen LogP contribution in [0.2, 0.25) is 0 Å². The lowest BCUT2D eigenvalue weighted by Crippen LogP contribution is -2.49. The van der Waals surface area contributed by atoms with Crippen LogP contribution in [0.25, 0.3) is 0 Å². The predicted molar refractivity (Wildman–Crippen MR) is 154 cm³/mol. The van der Waals surface area contributed by atoms with E-state index in [0.29, 0.717) is 11.7 Å². The smallest absolute Gasteiger partial charge is 0.345 e. The van der Waals surface area contributed by atoms with E-state index >= 15 is 4.39 Å². The summed E-state index contributed by atoms with van der Waals surface area (Å²) >= 11 is -0.777. The van der Waals surface area contributed by atoms with E-state index in [4.69, 9.17) is 8.74 Å². The molecule has 0 bridgehead atoms. The lowest BCUT2D eigenvalue weighted by atomic mass is 9.75. The molecule has 4 unspecified atom stereocenters. The molecule has 37 heavy (non-hydrogen) atoms. The van der Waals surface area contributed by atoms with Crippen LogP contribution >= 0.6 is 42.6 Å². The van der Waals surface area contributed by atoms with Crippen LogP contribution in [0.3, 0.4) is 0 Å². The molecule has 0 heterocycles. The molecule has 3 aliphatic carbocycles. The third-order valence-corrected chi connectivity index (χ3v) is 11.2. The Morgan fingerprint density at radius 2 is 1.08 bits per heavy atom. The molecule has 3 saturated carbocycles. The highest BCUT2D eigenvalue weighted by molar-refractivity contribution is 8.01. The summed E-state index contributed by atoms with van der Waals surface area (Å²) in [5.41, 5.74) is 3.33. The zero-order valence-corrected chi connectivity index (χ0v) is 25.3. The molecule has 1 N–H and O–H groups in total. The van der Waals surface area contributed by atoms with Gasteiger partial charge in [0.15, 0.2) is 0 Å². The molecule has 0 radical (unpaired) electrons. The van der Waals surface area contributed by atoms with Gasteiger partial charge in [0.25, 0.3) is 9.48 Å². The summed E-state index contributed by atoms with van der Waals surface area (Å²) < 4.78 is 67.5. The van der Waals surface area contributed by atoms with Gasteiger partial charge in [0.2, 0.25) is 0 Å². The topological polar surface area (TPSA) is 29.5 Å². The first kappa shape index (κ1) is 30.2. The molecule has 0 amide bonds. The van der Waals surface area contributed by atoms with E-state index in [2.05, 4.69) is 12.1 Å². The molecule has 0 saturated heterocycles. The fraction of sp³-hybridized carbons (Fsp3) is 0.778. The summed E-state index contributed by atoms with van der Waals surface area (Å²) in [6, 6.07) is 4.43. The lowest BCUT2D eigenvalue weighted by Gasteiger charge is -2.36. The number of rotatable bonds is 9. The van der Waals surface area contributed by atoms with Gasteiger partial charge in [-0.05, 0) is 73.0 Å². The van der Waals surface area contributed by atoms with Crippen molar-refractivity contribution >= 4 is 42.6 Å². The normalized spacial score (nSPS) is 24.4. The van der Waals surface area contributed by atoms with Crippen molar-refractivity contribution in [2.45, 2.75) is 129 Å². The minimum atomic E-state index is -4.56. The van der Waals surface area contributed by atoms with Crippen molar-refractivity contribution in [2.24, 2.45) is 0 Å². The standard InChI is InChI=1S/C27H40F4O2P2S2/c28-25(29,26(30,34)36-32)27(31,35)37-33-24-22(19-12-6-2-7-13-19)16-21(18-10-4-1-5-11-18)17-23(24)20-14-8-3-9-15-20/h16-20,32H,1-15,34-35H2. The Morgan fingerprint density at radius 3 is 1.49 bits per heavy atom. The van der Waals surface area contributed by atoms with E-state index in [9.17, 15) is 13.2 Å². The Balaban J connectivity index is 1.74. The number of benzene rings is 1. The second kappa shape index (κ2) is 12.8. The van der Waals surface area contributed by atoms with E-state index < -0.39 is 27.4 Å². The van der Waals surface area contributed by atoms with E-state index in [1.54, 1.807) is 0 Å². The minimum Gasteiger partial charge on any atom is -0.421 e. The maximum Gasteiger partial charge on any atom is 0.345 e. The summed E-state index contributed by atoms with van der Waals surface area (Å²) in [5, 5.41) is 0. The van der Waals surface area contributed by atoms with Gasteiger partial charge in [0, 0.05) is 12.0 Å². The van der Waals surface area contributed by atoms with Gasteiger partial charge < -0.3 is 8.74 Å². The van der Waals surface area contributed by atoms with Gasteiger partial charge in [-0.2, -0.15) is 8.78 Å². The summed E-state index contributed by atoms with van der Waals surface area (Å²) in [7, 11) is 2.64. The van der Waals surface area contributed by atoms with Crippen molar-refractivity contribution in [3.63, 3.8) is 0 Å². The van der Waals surface area contributed by atoms with E-state index in [1.165, 1.54) is 56.1 Å². The van der Waals surface area contributed by atoms with Crippen LogP contribution in [0.1, 0.15) is 131 Å². The third-order valence-electron chi connectivity index (χ3n) is 8.57. The molecule has 4 atom stereocenters. The predicted octanol–water partition coefficient (Wildman–Crippen LogP) is 10.7. The first-order valence-electron chi connectivity index (χ1n) is 13.8. The zero-order valence-electron chi connectivity index (χ0n) is 21.3. The van der Waals surface area contributed by atoms with Crippen LogP contribution in [-0.2, 0) is 0 Å². The quantitative estimate of drug-likeness (QED) is 0.174. The molecular formula is C27H40F4O2P2S2. The summed E-state index contributed by atoms with van der Waals surface area (Å²) in [4.78, 5) is 0. The van der Waals surface area contributed by atoms with Crippen molar-refractivity contribution in [3.05, 3.63) is 28.8 Å². The largest absolute Gasteiger partial charge is 0.421 e. The first-order valence-corrected chi connectivity index (χ1v) is 16.4. The highest BCUT2D eigenvalue weighted by Crippen LogP contribution is 2.60. The summed E-state index contributed by atoms with van der Waals surface area (Å²) in [6.45, 7) is 0. The molecule has 1 aromatic carbocycles. The van der Waals surface area contributed by atoms with Gasteiger partial charge in [-0.15, -0.1) is 0 Å². The monoisotopic (exact) mass is 598 g/mol. The van der Waals surface area contributed by atoms with Gasteiger partial charge >= 0.3 is 5.92 Å². The van der Waals surface area contributed by atoms with Crippen LogP contribution in [0.4, 0.5) is 17.6 Å². The van der Waals surface area contributed by atoms with Crippen molar-refractivity contribution in [3.8, 4) is 5.75 Å². The molecule has 210 valence electrons. The molecule has 10 heteroatoms. The van der Waals surface area contributed by atoms with Gasteiger partial charge in [0.05, 0.1) is 0 Å². The summed E-state index contributed by atoms with van der Waals surface area (Å²) in [6.07, 6.45) is 16.7. The fourth-order valence-electron chi connectivity index (χ4n) is 6.34. The summed E-state index contributed by atoms with van der Waals surface area (Å²) in [5.74, 6) is -3.09. The third kappa shape index (κ3) is 6.77. The molecule has 1 aromatic rings. The van der Waals surface area contributed by atoms with E-state index in [-0.39, 0.29) is 23.9 Å². The Morgan fingerprint density at radius 1 is 0.676 bits per heavy atom. The van der Waals surface area contributed by atoms with Crippen LogP contribution < -0.4 is 4.18 Å². The second-order valence-corrected chi connectivity index (χ2v) is 15.3. The van der Waals surface area contributed by atoms with Crippen molar-refractivity contribution < 1.29 is 26.3 Å². The maximum absolute atomic E-state index is 15.4. The lowest BCUT2D eigenvalue weighted by molar-refractivity contribution is -0.0972. The Bertz CT molecular complexity index is 861. The van der Waals surface area contributed by atoms with Gasteiger partial charge in [0.1, 0.15) is 17.8 Å². The molecule has 0 spiro atoms. The zero-order chi connectivity index (χ0) is 26.7. The Kier molecular flexibility index (Phi) is 10.5. The van der Waals surface area contributed by atoms with Crippen LogP contribution in [-0.4, -0.2) is 20.0 Å². The van der Waals surface area contributed by atoms with Crippen LogP contribution in [0.15, 0.2) is 12.1 Å². The second-order valence-electron chi connectivity index (χ2n) is 11.2. The van der Waals surface area contributed by atoms with Gasteiger partial charge in [-0.3, -0.25) is 0 Å². The SMILES string of the molecule is OSC(F)(P)C(F)(F)C(F)(P)SOc1c(C2CCCCC2)cc(C2CCCCC2)cc1C1CCCCC1. The Labute approximate surface area is 232 Å². The van der Waals surface area contributed by atoms with Crippen molar-refractivity contribution in [1.82, 2.24) is 0 Å². The molecule has 4 rings (SSSR count). The van der Waals surface area contributed by atoms with E-state index in [1.807, 2.05) is 0 Å². The average Bonchev–Trinajstić information content (AvgIpc) is 2.92. The minimum absolute atomic E-state index is 0.0527. The first-order chi connectivity index (χ1) is 17.6. The van der Waals surface area contributed by atoms with Crippen LogP contribution in [0.5, 0.6) is 5.75 Å². The van der Waals surface area contributed by atoms with Gasteiger partial charge in [-0.1, -0.05) is 88.4 Å². The van der Waals surface area contributed by atoms with Crippen molar-refractivity contribution in [1.29, 1.82) is 0 Å². The molecule has 3 aliphatic rings. The van der Waals surface area contributed by atoms with Gasteiger partial charge in [-0.25, -0.2) is 8.78 Å². The number of hydrogen-bond donors (Lipinski definition) is 1.